The molecule has 5 rings (SSSR count). The van der Waals surface area contributed by atoms with E-state index >= 15 is 0 Å². The Bertz CT molecular complexity index is 1830. The highest BCUT2D eigenvalue weighted by atomic mass is 32.2. The summed E-state index contributed by atoms with van der Waals surface area (Å²) < 4.78 is 39.8. The van der Waals surface area contributed by atoms with E-state index in [4.69, 9.17) is 24.3 Å². The average Bonchev–Trinajstić information content (AvgIpc) is 3.07. The standard InChI is InChI=1S/C17H25NO2.C15H21N3O5S.C9H13BO2/c1-5-6-13-7-9-14(10-8-13)15-11-18(12-15)16(19)20-17(2,3)4;1-15(2,3)23-14(19)18-9-11(10-18)16-17-24(20,21)13-7-5-12(22-4)6-8-13;1-2-3-8-4-6-9(7-5-8)10(11)12/h7-10,15H,5-6,11-12H2,1-4H3;5-8,17H,9-10H2,1-4H3;4-7,11-12H,2-3H2,1H3. The number of hydrogen-bond acceptors (Lipinski definition) is 10. The number of likely N-dealkylation sites (tertiary alicyclic amines) is 2. The van der Waals surface area contributed by atoms with Crippen molar-refractivity contribution in [3.8, 4) is 5.75 Å². The maximum atomic E-state index is 12.1. The van der Waals surface area contributed by atoms with Crippen LogP contribution < -0.4 is 15.0 Å². The van der Waals surface area contributed by atoms with E-state index in [1.54, 1.807) is 49.9 Å². The molecular weight excluding hydrogens is 735 g/mol. The first-order valence-corrected chi connectivity index (χ1v) is 20.4. The Morgan fingerprint density at radius 3 is 1.66 bits per heavy atom. The van der Waals surface area contributed by atoms with Crippen molar-refractivity contribution in [3.63, 3.8) is 0 Å². The quantitative estimate of drug-likeness (QED) is 0.168. The molecule has 306 valence electrons. The van der Waals surface area contributed by atoms with E-state index in [-0.39, 0.29) is 24.1 Å². The van der Waals surface area contributed by atoms with Crippen LogP contribution in [0.2, 0.25) is 0 Å². The lowest BCUT2D eigenvalue weighted by molar-refractivity contribution is 0.00813. The third-order valence-electron chi connectivity index (χ3n) is 8.43. The van der Waals surface area contributed by atoms with Crippen molar-refractivity contribution in [2.45, 2.75) is 103 Å². The minimum atomic E-state index is -3.75. The molecular formula is C41H59BN4O9S. The Hall–Kier alpha value is -4.60. The number of benzene rings is 3. The number of amides is 2. The largest absolute Gasteiger partial charge is 0.497 e. The van der Waals surface area contributed by atoms with Gasteiger partial charge in [0.25, 0.3) is 10.0 Å². The minimum absolute atomic E-state index is 0.0796. The molecule has 0 bridgehead atoms. The van der Waals surface area contributed by atoms with Crippen LogP contribution in [0.25, 0.3) is 0 Å². The molecule has 3 N–H and O–H groups in total. The predicted octanol–water partition coefficient (Wildman–Crippen LogP) is 5.87. The summed E-state index contributed by atoms with van der Waals surface area (Å²) in [4.78, 5) is 29.1. The lowest BCUT2D eigenvalue weighted by atomic mass is 9.80. The normalized spacial score (nSPS) is 14.1. The van der Waals surface area contributed by atoms with Gasteiger partial charge in [0.15, 0.2) is 0 Å². The van der Waals surface area contributed by atoms with Crippen LogP contribution in [0.15, 0.2) is 82.8 Å². The molecule has 3 aromatic rings. The summed E-state index contributed by atoms with van der Waals surface area (Å²) in [6.07, 6.45) is 3.82. The second kappa shape index (κ2) is 20.5. The van der Waals surface area contributed by atoms with Crippen LogP contribution in [-0.2, 0) is 32.3 Å². The highest BCUT2D eigenvalue weighted by Gasteiger charge is 2.34. The summed E-state index contributed by atoms with van der Waals surface area (Å²) in [5, 5.41) is 21.4. The third kappa shape index (κ3) is 15.2. The van der Waals surface area contributed by atoms with E-state index in [2.05, 4.69) is 48.0 Å². The molecule has 0 spiro atoms. The summed E-state index contributed by atoms with van der Waals surface area (Å²) in [6, 6.07) is 22.1. The van der Waals surface area contributed by atoms with Crippen molar-refractivity contribution >= 4 is 40.5 Å². The molecule has 13 nitrogen and oxygen atoms in total. The number of methoxy groups -OCH3 is 1. The Labute approximate surface area is 333 Å². The van der Waals surface area contributed by atoms with Crippen molar-refractivity contribution in [1.82, 2.24) is 14.6 Å². The summed E-state index contributed by atoms with van der Waals surface area (Å²) >= 11 is 0. The zero-order valence-electron chi connectivity index (χ0n) is 34.2. The van der Waals surface area contributed by atoms with Crippen LogP contribution >= 0.6 is 0 Å². The average molecular weight is 795 g/mol. The first kappa shape index (κ1) is 45.8. The van der Waals surface area contributed by atoms with Crippen molar-refractivity contribution in [1.29, 1.82) is 0 Å². The molecule has 0 unspecified atom stereocenters. The smallest absolute Gasteiger partial charge is 0.488 e. The van der Waals surface area contributed by atoms with Crippen LogP contribution in [0.4, 0.5) is 9.59 Å². The number of ether oxygens (including phenoxy) is 3. The van der Waals surface area contributed by atoms with Gasteiger partial charge in [-0.3, -0.25) is 4.90 Å². The van der Waals surface area contributed by atoms with Crippen LogP contribution in [0.1, 0.15) is 90.8 Å². The molecule has 2 aliphatic heterocycles. The monoisotopic (exact) mass is 794 g/mol. The van der Waals surface area contributed by atoms with Crippen LogP contribution in [-0.4, -0.2) is 97.8 Å². The van der Waals surface area contributed by atoms with Gasteiger partial charge >= 0.3 is 19.3 Å². The molecule has 3 aromatic carbocycles. The minimum Gasteiger partial charge on any atom is -0.497 e. The molecule has 0 radical (unpaired) electrons. The van der Waals surface area contributed by atoms with Crippen molar-refractivity contribution in [2.75, 3.05) is 33.3 Å². The SMILES string of the molecule is CCCc1ccc(B(O)O)cc1.CCCc1ccc(C2CN(C(=O)OC(C)(C)C)C2)cc1.COc1ccc(S(=O)(=O)NN=C2CN(C(=O)OC(C)(C)C)C2)cc1. The van der Waals surface area contributed by atoms with Crippen molar-refractivity contribution in [3.05, 3.63) is 89.5 Å². The van der Waals surface area contributed by atoms with Crippen LogP contribution in [0.3, 0.4) is 0 Å². The fourth-order valence-electron chi connectivity index (χ4n) is 5.41. The van der Waals surface area contributed by atoms with Crippen molar-refractivity contribution in [2.24, 2.45) is 5.10 Å². The molecule has 0 aliphatic carbocycles. The van der Waals surface area contributed by atoms with Gasteiger partial charge < -0.3 is 29.2 Å². The highest BCUT2D eigenvalue weighted by molar-refractivity contribution is 7.89. The number of nitrogens with zero attached hydrogens (tertiary/aromatic N) is 3. The molecule has 2 aliphatic rings. The fraction of sp³-hybridized carbons (Fsp3) is 0.488. The maximum Gasteiger partial charge on any atom is 0.488 e. The predicted molar refractivity (Wildman–Crippen MR) is 220 cm³/mol. The summed E-state index contributed by atoms with van der Waals surface area (Å²) in [7, 11) is -3.60. The maximum absolute atomic E-state index is 12.1. The Morgan fingerprint density at radius 2 is 1.23 bits per heavy atom. The number of hydrazone groups is 1. The van der Waals surface area contributed by atoms with E-state index in [1.165, 1.54) is 47.3 Å². The number of sulfonamides is 1. The number of hydrogen-bond donors (Lipinski definition) is 3. The fourth-order valence-corrected chi connectivity index (χ4v) is 6.26. The van der Waals surface area contributed by atoms with E-state index in [1.807, 2.05) is 32.9 Å². The zero-order chi connectivity index (χ0) is 41.7. The number of aryl methyl sites for hydroxylation is 2. The summed E-state index contributed by atoms with van der Waals surface area (Å²) in [5.41, 5.74) is 4.07. The molecule has 2 saturated heterocycles. The van der Waals surface area contributed by atoms with E-state index in [0.29, 0.717) is 22.8 Å². The van der Waals surface area contributed by atoms with Gasteiger partial charge in [0.2, 0.25) is 0 Å². The summed E-state index contributed by atoms with van der Waals surface area (Å²) in [5.74, 6) is 1.02. The van der Waals surface area contributed by atoms with Gasteiger partial charge in [-0.25, -0.2) is 9.59 Å². The van der Waals surface area contributed by atoms with E-state index in [9.17, 15) is 18.0 Å². The first-order chi connectivity index (χ1) is 26.2. The summed E-state index contributed by atoms with van der Waals surface area (Å²) in [6.45, 7) is 17.4. The van der Waals surface area contributed by atoms with E-state index in [0.717, 1.165) is 32.4 Å². The van der Waals surface area contributed by atoms with Gasteiger partial charge in [0, 0.05) is 19.0 Å². The van der Waals surface area contributed by atoms with Gasteiger partial charge in [0.1, 0.15) is 17.0 Å². The van der Waals surface area contributed by atoms with Crippen LogP contribution in [0, 0.1) is 0 Å². The molecule has 2 heterocycles. The van der Waals surface area contributed by atoms with Crippen molar-refractivity contribution < 1.29 is 42.3 Å². The number of nitrogens with one attached hydrogen (secondary N) is 1. The third-order valence-corrected chi connectivity index (χ3v) is 9.66. The topological polar surface area (TPSA) is 167 Å². The van der Waals surface area contributed by atoms with Gasteiger partial charge in [-0.1, -0.05) is 75.2 Å². The highest BCUT2D eigenvalue weighted by Crippen LogP contribution is 2.29. The van der Waals surface area contributed by atoms with Gasteiger partial charge in [-0.05, 0) is 101 Å². The van der Waals surface area contributed by atoms with Gasteiger partial charge in [-0.15, -0.1) is 0 Å². The number of rotatable bonds is 10. The lowest BCUT2D eigenvalue weighted by Gasteiger charge is -2.40. The second-order valence-corrected chi connectivity index (χ2v) is 17.4. The zero-order valence-corrected chi connectivity index (χ0v) is 35.1. The number of carbonyl (C=O) groups excluding carboxylic acids is 2. The molecule has 0 atom stereocenters. The Balaban J connectivity index is 0.000000237. The Kier molecular flexibility index (Phi) is 16.8. The van der Waals surface area contributed by atoms with E-state index < -0.39 is 34.4 Å². The molecule has 0 saturated carbocycles. The molecule has 15 heteroatoms. The van der Waals surface area contributed by atoms with Gasteiger partial charge in [-0.2, -0.15) is 18.4 Å². The first-order valence-electron chi connectivity index (χ1n) is 18.9. The molecule has 56 heavy (non-hydrogen) atoms. The molecule has 2 amide bonds. The second-order valence-electron chi connectivity index (χ2n) is 15.7. The molecule has 2 fully saturated rings. The number of carbonyl (C=O) groups is 2. The lowest BCUT2D eigenvalue weighted by Crippen LogP contribution is -2.52. The van der Waals surface area contributed by atoms with Crippen LogP contribution in [0.5, 0.6) is 5.75 Å². The van der Waals surface area contributed by atoms with Gasteiger partial charge in [0.05, 0.1) is 30.8 Å². The molecule has 0 aromatic heterocycles. The Morgan fingerprint density at radius 1 is 0.768 bits per heavy atom.